The average molecular weight is 321 g/mol. The van der Waals surface area contributed by atoms with E-state index in [0.717, 1.165) is 24.2 Å². The molecular weight excluding hydrogens is 294 g/mol. The zero-order chi connectivity index (χ0) is 17.2. The number of rotatable bonds is 9. The van der Waals surface area contributed by atoms with Crippen molar-refractivity contribution in [3.63, 3.8) is 0 Å². The van der Waals surface area contributed by atoms with Crippen LogP contribution in [0, 0.1) is 6.92 Å². The predicted molar refractivity (Wildman–Crippen MR) is 89.5 cm³/mol. The first-order chi connectivity index (χ1) is 11.0. The van der Waals surface area contributed by atoms with Gasteiger partial charge in [0.15, 0.2) is 0 Å². The molecule has 0 spiro atoms. The third kappa shape index (κ3) is 6.72. The molecule has 0 aliphatic rings. The van der Waals surface area contributed by atoms with Crippen LogP contribution in [0.15, 0.2) is 18.2 Å². The van der Waals surface area contributed by atoms with Crippen molar-refractivity contribution >= 4 is 11.9 Å². The lowest BCUT2D eigenvalue weighted by molar-refractivity contribution is -0.146. The molecule has 23 heavy (non-hydrogen) atoms. The molecule has 1 aromatic carbocycles. The van der Waals surface area contributed by atoms with E-state index >= 15 is 0 Å². The molecule has 0 bridgehead atoms. The van der Waals surface area contributed by atoms with E-state index in [0.29, 0.717) is 19.6 Å². The van der Waals surface area contributed by atoms with Gasteiger partial charge in [-0.1, -0.05) is 12.1 Å². The predicted octanol–water partition coefficient (Wildman–Crippen LogP) is 2.78. The van der Waals surface area contributed by atoms with Crippen LogP contribution in [-0.4, -0.2) is 31.1 Å². The highest BCUT2D eigenvalue weighted by Gasteiger charge is 2.16. The maximum Gasteiger partial charge on any atom is 0.328 e. The van der Waals surface area contributed by atoms with Gasteiger partial charge in [-0.3, -0.25) is 4.79 Å². The van der Waals surface area contributed by atoms with Gasteiger partial charge < -0.3 is 14.8 Å². The van der Waals surface area contributed by atoms with Crippen LogP contribution in [-0.2, 0) is 20.7 Å². The van der Waals surface area contributed by atoms with Crippen molar-refractivity contribution in [3.8, 4) is 5.75 Å². The largest absolute Gasteiger partial charge is 0.494 e. The SMILES string of the molecule is CCOC(=O)[C@H](C)NC(=O)CCCc1ccc(OCC)c(C)c1. The van der Waals surface area contributed by atoms with Crippen LogP contribution in [0.5, 0.6) is 5.75 Å². The minimum Gasteiger partial charge on any atom is -0.494 e. The number of amides is 1. The van der Waals surface area contributed by atoms with Crippen molar-refractivity contribution in [2.24, 2.45) is 0 Å². The van der Waals surface area contributed by atoms with Gasteiger partial charge in [0.2, 0.25) is 5.91 Å². The van der Waals surface area contributed by atoms with Crippen LogP contribution in [0.3, 0.4) is 0 Å². The van der Waals surface area contributed by atoms with Gasteiger partial charge in [-0.25, -0.2) is 4.79 Å². The summed E-state index contributed by atoms with van der Waals surface area (Å²) in [6.07, 6.45) is 1.93. The Hall–Kier alpha value is -2.04. The number of carbonyl (C=O) groups excluding carboxylic acids is 2. The van der Waals surface area contributed by atoms with Crippen LogP contribution in [0.4, 0.5) is 0 Å². The van der Waals surface area contributed by atoms with E-state index in [1.54, 1.807) is 13.8 Å². The van der Waals surface area contributed by atoms with Gasteiger partial charge in [0.05, 0.1) is 13.2 Å². The maximum absolute atomic E-state index is 11.8. The van der Waals surface area contributed by atoms with Gasteiger partial charge in [0.25, 0.3) is 0 Å². The highest BCUT2D eigenvalue weighted by Crippen LogP contribution is 2.20. The number of nitrogens with one attached hydrogen (secondary N) is 1. The van der Waals surface area contributed by atoms with E-state index in [2.05, 4.69) is 11.4 Å². The molecule has 128 valence electrons. The number of hydrogen-bond donors (Lipinski definition) is 1. The fourth-order valence-electron chi connectivity index (χ4n) is 2.28. The summed E-state index contributed by atoms with van der Waals surface area (Å²) in [6, 6.07) is 5.48. The summed E-state index contributed by atoms with van der Waals surface area (Å²) in [4.78, 5) is 23.3. The summed E-state index contributed by atoms with van der Waals surface area (Å²) in [7, 11) is 0. The van der Waals surface area contributed by atoms with Crippen molar-refractivity contribution < 1.29 is 19.1 Å². The number of hydrogen-bond acceptors (Lipinski definition) is 4. The highest BCUT2D eigenvalue weighted by atomic mass is 16.5. The van der Waals surface area contributed by atoms with E-state index in [1.807, 2.05) is 26.0 Å². The van der Waals surface area contributed by atoms with Crippen molar-refractivity contribution in [3.05, 3.63) is 29.3 Å². The van der Waals surface area contributed by atoms with Crippen molar-refractivity contribution in [1.82, 2.24) is 5.32 Å². The van der Waals surface area contributed by atoms with Gasteiger partial charge in [-0.2, -0.15) is 0 Å². The molecule has 5 nitrogen and oxygen atoms in total. The van der Waals surface area contributed by atoms with E-state index in [-0.39, 0.29) is 5.91 Å². The molecule has 1 atom stereocenters. The standard InChI is InChI=1S/C18H27NO4/c1-5-22-16-11-10-15(12-13(16)3)8-7-9-17(20)19-14(4)18(21)23-6-2/h10-12,14H,5-9H2,1-4H3,(H,19,20)/t14-/m0/s1. The summed E-state index contributed by atoms with van der Waals surface area (Å²) in [5, 5.41) is 2.65. The molecule has 0 fully saturated rings. The number of carbonyl (C=O) groups is 2. The average Bonchev–Trinajstić information content (AvgIpc) is 2.50. The third-order valence-corrected chi connectivity index (χ3v) is 3.43. The normalized spacial score (nSPS) is 11.7. The lowest BCUT2D eigenvalue weighted by atomic mass is 10.0. The second kappa shape index (κ2) is 9.87. The molecule has 5 heteroatoms. The molecular formula is C18H27NO4. The summed E-state index contributed by atoms with van der Waals surface area (Å²) >= 11 is 0. The van der Waals surface area contributed by atoms with E-state index in [4.69, 9.17) is 9.47 Å². The summed E-state index contributed by atoms with van der Waals surface area (Å²) in [5.41, 5.74) is 2.28. The molecule has 0 saturated carbocycles. The van der Waals surface area contributed by atoms with Gasteiger partial charge in [-0.05, 0) is 57.7 Å². The highest BCUT2D eigenvalue weighted by molar-refractivity contribution is 5.84. The van der Waals surface area contributed by atoms with Crippen molar-refractivity contribution in [2.45, 2.75) is 53.0 Å². The van der Waals surface area contributed by atoms with Crippen LogP contribution in [0.1, 0.15) is 44.7 Å². The summed E-state index contributed by atoms with van der Waals surface area (Å²) < 4.78 is 10.4. The minimum absolute atomic E-state index is 0.131. The van der Waals surface area contributed by atoms with E-state index in [9.17, 15) is 9.59 Å². The molecule has 0 aliphatic carbocycles. The Morgan fingerprint density at radius 2 is 1.96 bits per heavy atom. The van der Waals surface area contributed by atoms with Crippen LogP contribution < -0.4 is 10.1 Å². The van der Waals surface area contributed by atoms with Gasteiger partial charge in [0, 0.05) is 6.42 Å². The molecule has 0 aliphatic heterocycles. The van der Waals surface area contributed by atoms with E-state index < -0.39 is 12.0 Å². The van der Waals surface area contributed by atoms with Gasteiger partial charge >= 0.3 is 5.97 Å². The summed E-state index contributed by atoms with van der Waals surface area (Å²) in [5.74, 6) is 0.369. The zero-order valence-corrected chi connectivity index (χ0v) is 14.5. The van der Waals surface area contributed by atoms with Crippen LogP contribution in [0.2, 0.25) is 0 Å². The molecule has 1 aromatic rings. The first kappa shape index (κ1) is 19.0. The Morgan fingerprint density at radius 3 is 2.57 bits per heavy atom. The fraction of sp³-hybridized carbons (Fsp3) is 0.556. The quantitative estimate of drug-likeness (QED) is 0.710. The monoisotopic (exact) mass is 321 g/mol. The second-order valence-electron chi connectivity index (χ2n) is 5.43. The summed E-state index contributed by atoms with van der Waals surface area (Å²) in [6.45, 7) is 8.32. The molecule has 1 amide bonds. The second-order valence-corrected chi connectivity index (χ2v) is 5.43. The van der Waals surface area contributed by atoms with E-state index in [1.165, 1.54) is 5.56 Å². The lowest BCUT2D eigenvalue weighted by Gasteiger charge is -2.12. The molecule has 0 radical (unpaired) electrons. The first-order valence-corrected chi connectivity index (χ1v) is 8.16. The van der Waals surface area contributed by atoms with Crippen LogP contribution >= 0.6 is 0 Å². The Morgan fingerprint density at radius 1 is 1.22 bits per heavy atom. The Bertz CT molecular complexity index is 528. The Kier molecular flexibility index (Phi) is 8.16. The van der Waals surface area contributed by atoms with Gasteiger partial charge in [-0.15, -0.1) is 0 Å². The third-order valence-electron chi connectivity index (χ3n) is 3.43. The van der Waals surface area contributed by atoms with Gasteiger partial charge in [0.1, 0.15) is 11.8 Å². The smallest absolute Gasteiger partial charge is 0.328 e. The minimum atomic E-state index is -0.602. The number of ether oxygens (including phenoxy) is 2. The first-order valence-electron chi connectivity index (χ1n) is 8.16. The molecule has 0 unspecified atom stereocenters. The lowest BCUT2D eigenvalue weighted by Crippen LogP contribution is -2.39. The molecule has 0 saturated heterocycles. The zero-order valence-electron chi connectivity index (χ0n) is 14.5. The van der Waals surface area contributed by atoms with Crippen molar-refractivity contribution in [2.75, 3.05) is 13.2 Å². The Balaban J connectivity index is 2.37. The number of esters is 1. The molecule has 1 rings (SSSR count). The maximum atomic E-state index is 11.8. The van der Waals surface area contributed by atoms with Crippen LogP contribution in [0.25, 0.3) is 0 Å². The molecule has 1 N–H and O–H groups in total. The van der Waals surface area contributed by atoms with Crippen molar-refractivity contribution in [1.29, 1.82) is 0 Å². The number of aryl methyl sites for hydroxylation is 2. The number of benzene rings is 1. The fourth-order valence-corrected chi connectivity index (χ4v) is 2.28. The Labute approximate surface area is 138 Å². The molecule has 0 aromatic heterocycles. The molecule has 0 heterocycles. The topological polar surface area (TPSA) is 64.6 Å².